The molecule has 1 heterocycles. The number of nitrogens with one attached hydrogen (secondary N) is 2. The third-order valence-electron chi connectivity index (χ3n) is 3.00. The van der Waals surface area contributed by atoms with Gasteiger partial charge in [0, 0.05) is 12.6 Å². The maximum Gasteiger partial charge on any atom is 0.269 e. The second-order valence-corrected chi connectivity index (χ2v) is 8.82. The van der Waals surface area contributed by atoms with Gasteiger partial charge in [-0.2, -0.15) is 4.31 Å². The first-order valence-electron chi connectivity index (χ1n) is 6.76. The lowest BCUT2D eigenvalue weighted by Gasteiger charge is -2.15. The molecule has 11 heteroatoms. The summed E-state index contributed by atoms with van der Waals surface area (Å²) in [6.45, 7) is -0.512. The minimum atomic E-state index is -3.86. The topological polar surface area (TPSA) is 95.6 Å². The minimum Gasteiger partial charge on any atom is -0.272 e. The van der Waals surface area contributed by atoms with Gasteiger partial charge in [0.1, 0.15) is 10.0 Å². The molecule has 0 aliphatic rings. The molecule has 0 spiro atoms. The van der Waals surface area contributed by atoms with Gasteiger partial charge in [-0.3, -0.25) is 20.4 Å². The van der Waals surface area contributed by atoms with E-state index in [0.29, 0.717) is 4.34 Å². The fourth-order valence-electron chi connectivity index (χ4n) is 1.72. The number of carbonyl (C=O) groups is 2. The summed E-state index contributed by atoms with van der Waals surface area (Å²) in [6, 6.07) is 7.47. The highest BCUT2D eigenvalue weighted by molar-refractivity contribution is 7.91. The normalized spacial score (nSPS) is 11.4. The Balaban J connectivity index is 1.91. The van der Waals surface area contributed by atoms with Gasteiger partial charge in [-0.25, -0.2) is 12.8 Å². The molecule has 2 rings (SSSR count). The summed E-state index contributed by atoms with van der Waals surface area (Å²) < 4.78 is 38.4. The van der Waals surface area contributed by atoms with Gasteiger partial charge in [0.25, 0.3) is 21.8 Å². The van der Waals surface area contributed by atoms with Gasteiger partial charge < -0.3 is 0 Å². The molecule has 7 nitrogen and oxygen atoms in total. The SMILES string of the molecule is CN(CC(=O)NNC(=O)c1ccc(F)cc1)S(=O)(=O)c1ccc(Cl)s1. The second kappa shape index (κ2) is 7.91. The van der Waals surface area contributed by atoms with Crippen molar-refractivity contribution < 1.29 is 22.4 Å². The molecule has 134 valence electrons. The first-order chi connectivity index (χ1) is 11.7. The Hall–Kier alpha value is -2.01. The van der Waals surface area contributed by atoms with Gasteiger partial charge in [0.2, 0.25) is 0 Å². The Kier molecular flexibility index (Phi) is 6.11. The third kappa shape index (κ3) is 4.98. The molecule has 0 fully saturated rings. The van der Waals surface area contributed by atoms with Crippen LogP contribution in [0.25, 0.3) is 0 Å². The molecule has 1 aromatic carbocycles. The molecule has 2 amide bonds. The highest BCUT2D eigenvalue weighted by Gasteiger charge is 2.24. The van der Waals surface area contributed by atoms with Crippen LogP contribution in [-0.2, 0) is 14.8 Å². The van der Waals surface area contributed by atoms with Crippen molar-refractivity contribution in [2.24, 2.45) is 0 Å². The average molecular weight is 406 g/mol. The molecular formula is C14H13ClFN3O4S2. The zero-order valence-electron chi connectivity index (χ0n) is 12.8. The van der Waals surface area contributed by atoms with Gasteiger partial charge >= 0.3 is 0 Å². The van der Waals surface area contributed by atoms with Crippen LogP contribution in [0.3, 0.4) is 0 Å². The molecular weight excluding hydrogens is 393 g/mol. The lowest BCUT2D eigenvalue weighted by Crippen LogP contribution is -2.46. The Bertz CT molecular complexity index is 884. The van der Waals surface area contributed by atoms with Crippen molar-refractivity contribution in [1.29, 1.82) is 0 Å². The minimum absolute atomic E-state index is 0.00291. The molecule has 0 saturated heterocycles. The number of halogens is 2. The summed E-state index contributed by atoms with van der Waals surface area (Å²) in [5.74, 6) is -1.91. The van der Waals surface area contributed by atoms with Crippen LogP contribution in [0.5, 0.6) is 0 Å². The molecule has 0 aliphatic heterocycles. The van der Waals surface area contributed by atoms with Gasteiger partial charge in [-0.15, -0.1) is 11.3 Å². The number of benzene rings is 1. The quantitative estimate of drug-likeness (QED) is 0.739. The molecule has 2 N–H and O–H groups in total. The van der Waals surface area contributed by atoms with E-state index in [4.69, 9.17) is 11.6 Å². The van der Waals surface area contributed by atoms with Crippen molar-refractivity contribution in [2.45, 2.75) is 4.21 Å². The van der Waals surface area contributed by atoms with Crippen LogP contribution in [0, 0.1) is 5.82 Å². The second-order valence-electron chi connectivity index (χ2n) is 4.83. The number of hydrogen-bond acceptors (Lipinski definition) is 5. The maximum absolute atomic E-state index is 12.8. The van der Waals surface area contributed by atoms with Crippen LogP contribution < -0.4 is 10.9 Å². The van der Waals surface area contributed by atoms with Crippen LogP contribution in [0.1, 0.15) is 10.4 Å². The van der Waals surface area contributed by atoms with Crippen LogP contribution in [-0.4, -0.2) is 38.1 Å². The number of nitrogens with zero attached hydrogens (tertiary/aromatic N) is 1. The Morgan fingerprint density at radius 1 is 1.16 bits per heavy atom. The van der Waals surface area contributed by atoms with Crippen molar-refractivity contribution >= 4 is 44.8 Å². The fraction of sp³-hybridized carbons (Fsp3) is 0.143. The average Bonchev–Trinajstić information content (AvgIpc) is 3.00. The van der Waals surface area contributed by atoms with Crippen molar-refractivity contribution in [3.63, 3.8) is 0 Å². The zero-order valence-corrected chi connectivity index (χ0v) is 15.2. The number of hydrogen-bond donors (Lipinski definition) is 2. The lowest BCUT2D eigenvalue weighted by atomic mass is 10.2. The van der Waals surface area contributed by atoms with E-state index < -0.39 is 34.2 Å². The van der Waals surface area contributed by atoms with E-state index >= 15 is 0 Å². The lowest BCUT2D eigenvalue weighted by molar-refractivity contribution is -0.121. The third-order valence-corrected chi connectivity index (χ3v) is 6.50. The van der Waals surface area contributed by atoms with Crippen LogP contribution >= 0.6 is 22.9 Å². The summed E-state index contributed by atoms with van der Waals surface area (Å²) in [5.41, 5.74) is 4.35. The van der Waals surface area contributed by atoms with E-state index in [1.165, 1.54) is 31.3 Å². The highest BCUT2D eigenvalue weighted by Crippen LogP contribution is 2.27. The largest absolute Gasteiger partial charge is 0.272 e. The molecule has 0 saturated carbocycles. The molecule has 0 unspecified atom stereocenters. The molecule has 25 heavy (non-hydrogen) atoms. The van der Waals surface area contributed by atoms with E-state index in [2.05, 4.69) is 10.9 Å². The van der Waals surface area contributed by atoms with Crippen molar-refractivity contribution in [2.75, 3.05) is 13.6 Å². The van der Waals surface area contributed by atoms with Crippen LogP contribution in [0.2, 0.25) is 4.34 Å². The predicted molar refractivity (Wildman–Crippen MR) is 91.2 cm³/mol. The number of thiophene rings is 1. The molecule has 2 aromatic rings. The number of rotatable bonds is 5. The van der Waals surface area contributed by atoms with E-state index in [9.17, 15) is 22.4 Å². The molecule has 0 atom stereocenters. The highest BCUT2D eigenvalue weighted by atomic mass is 35.5. The van der Waals surface area contributed by atoms with Crippen molar-refractivity contribution in [3.05, 3.63) is 52.1 Å². The first-order valence-corrected chi connectivity index (χ1v) is 9.40. The van der Waals surface area contributed by atoms with Crippen molar-refractivity contribution in [3.8, 4) is 0 Å². The number of sulfonamides is 1. The molecule has 0 aliphatic carbocycles. The molecule has 1 aromatic heterocycles. The standard InChI is InChI=1S/C14H13ClFN3O4S2/c1-19(25(22,23)13-7-6-11(15)24-13)8-12(20)17-18-14(21)9-2-4-10(16)5-3-9/h2-7H,8H2,1H3,(H,17,20)(H,18,21). The fourth-order valence-corrected chi connectivity index (χ4v) is 4.54. The zero-order chi connectivity index (χ0) is 18.6. The Morgan fingerprint density at radius 3 is 2.36 bits per heavy atom. The van der Waals surface area contributed by atoms with Crippen molar-refractivity contribution in [1.82, 2.24) is 15.2 Å². The summed E-state index contributed by atoms with van der Waals surface area (Å²) in [6.07, 6.45) is 0. The van der Waals surface area contributed by atoms with Gasteiger partial charge in [0.05, 0.1) is 10.9 Å². The number of likely N-dealkylation sites (N-methyl/N-ethyl adjacent to an activating group) is 1. The smallest absolute Gasteiger partial charge is 0.269 e. The van der Waals surface area contributed by atoms with Crippen LogP contribution in [0.4, 0.5) is 4.39 Å². The summed E-state index contributed by atoms with van der Waals surface area (Å²) >= 11 is 6.59. The maximum atomic E-state index is 12.8. The number of hydrazine groups is 1. The first kappa shape index (κ1) is 19.3. The van der Waals surface area contributed by atoms with E-state index in [1.807, 2.05) is 0 Å². The van der Waals surface area contributed by atoms with Gasteiger partial charge in [0.15, 0.2) is 0 Å². The summed E-state index contributed by atoms with van der Waals surface area (Å²) in [7, 11) is -2.63. The molecule has 0 radical (unpaired) electrons. The summed E-state index contributed by atoms with van der Waals surface area (Å²) in [5, 5.41) is 0. The molecule has 0 bridgehead atoms. The Labute approximate surface area is 152 Å². The van der Waals surface area contributed by atoms with E-state index in [0.717, 1.165) is 27.8 Å². The van der Waals surface area contributed by atoms with E-state index in [1.54, 1.807) is 0 Å². The predicted octanol–water partition coefficient (Wildman–Crippen LogP) is 1.62. The summed E-state index contributed by atoms with van der Waals surface area (Å²) in [4.78, 5) is 23.6. The number of amides is 2. The Morgan fingerprint density at radius 2 is 1.80 bits per heavy atom. The number of carbonyl (C=O) groups excluding carboxylic acids is 2. The van der Waals surface area contributed by atoms with Crippen LogP contribution in [0.15, 0.2) is 40.6 Å². The monoisotopic (exact) mass is 405 g/mol. The van der Waals surface area contributed by atoms with Gasteiger partial charge in [-0.1, -0.05) is 11.6 Å². The van der Waals surface area contributed by atoms with Gasteiger partial charge in [-0.05, 0) is 36.4 Å². The van der Waals surface area contributed by atoms with E-state index in [-0.39, 0.29) is 9.77 Å².